The topological polar surface area (TPSA) is 12.4 Å². The summed E-state index contributed by atoms with van der Waals surface area (Å²) in [7, 11) is 0. The Morgan fingerprint density at radius 3 is 2.43 bits per heavy atom. The van der Waals surface area contributed by atoms with Gasteiger partial charge in [0.15, 0.2) is 0 Å². The van der Waals surface area contributed by atoms with Crippen molar-refractivity contribution in [3.05, 3.63) is 34.8 Å². The number of fused-ring (bicyclic) bond motifs is 1. The average molecular weight is 320 g/mol. The molecular weight excluding hydrogens is 309 g/mol. The number of halogens is 1. The van der Waals surface area contributed by atoms with Crippen molar-refractivity contribution in [2.24, 2.45) is 4.99 Å². The van der Waals surface area contributed by atoms with Crippen molar-refractivity contribution in [3.63, 3.8) is 0 Å². The van der Waals surface area contributed by atoms with Crippen LogP contribution in [0.4, 0.5) is 0 Å². The van der Waals surface area contributed by atoms with Crippen LogP contribution in [0.15, 0.2) is 29.3 Å². The molecule has 1 nitrogen and oxygen atoms in total. The number of nitrogens with zero attached hydrogens (tertiary/aromatic N) is 1. The van der Waals surface area contributed by atoms with Crippen LogP contribution in [-0.4, -0.2) is 55.8 Å². The Labute approximate surface area is 145 Å². The zero-order valence-electron chi connectivity index (χ0n) is 7.49. The number of hydrogen-bond donors (Lipinski definition) is 0. The van der Waals surface area contributed by atoms with E-state index in [4.69, 9.17) is 0 Å². The van der Waals surface area contributed by atoms with Crippen molar-refractivity contribution in [2.45, 2.75) is 18.3 Å². The van der Waals surface area contributed by atoms with E-state index in [9.17, 15) is 0 Å². The van der Waals surface area contributed by atoms with Gasteiger partial charge >= 0.3 is 51.4 Å². The van der Waals surface area contributed by atoms with Crippen LogP contribution < -0.4 is 10.6 Å². The predicted molar refractivity (Wildman–Crippen MR) is 60.8 cm³/mol. The van der Waals surface area contributed by atoms with E-state index < -0.39 is 0 Å². The van der Waals surface area contributed by atoms with Crippen LogP contribution in [0.2, 0.25) is 0 Å². The molecule has 1 unspecified atom stereocenters. The van der Waals surface area contributed by atoms with Crippen LogP contribution in [0.3, 0.4) is 0 Å². The minimum absolute atomic E-state index is 0. The summed E-state index contributed by atoms with van der Waals surface area (Å²) in [5.74, 6) is 0. The van der Waals surface area contributed by atoms with Crippen molar-refractivity contribution in [1.29, 1.82) is 0 Å². The summed E-state index contributed by atoms with van der Waals surface area (Å²) >= 11 is 3.58. The standard InChI is InChI=1S/C10H10BrN.Fe.K.H/c1-7-8-5-3-4-6-9(8)12-10(7,2)11;;;/h3-6H,1-2H3;;;. The van der Waals surface area contributed by atoms with Gasteiger partial charge in [0.2, 0.25) is 0 Å². The number of benzene rings is 1. The van der Waals surface area contributed by atoms with Gasteiger partial charge in [-0.05, 0) is 25.5 Å². The molecule has 0 radical (unpaired) electrons. The van der Waals surface area contributed by atoms with Gasteiger partial charge in [-0.15, -0.1) is 0 Å². The van der Waals surface area contributed by atoms with E-state index in [0.29, 0.717) is 0 Å². The third-order valence-corrected chi connectivity index (χ3v) is 3.09. The van der Waals surface area contributed by atoms with E-state index in [-0.39, 0.29) is 72.9 Å². The predicted octanol–water partition coefficient (Wildman–Crippen LogP) is 0.950. The Morgan fingerprint density at radius 2 is 1.86 bits per heavy atom. The van der Waals surface area contributed by atoms with E-state index in [1.54, 1.807) is 0 Å². The Balaban J connectivity index is 0.000000845. The second kappa shape index (κ2) is 5.74. The first kappa shape index (κ1) is 15.5. The van der Waals surface area contributed by atoms with Crippen molar-refractivity contribution in [1.82, 2.24) is 0 Å². The van der Waals surface area contributed by atoms with Gasteiger partial charge in [0.25, 0.3) is 0 Å². The minimum atomic E-state index is -0.184. The molecule has 2 rings (SSSR count). The monoisotopic (exact) mass is 319 g/mol. The van der Waals surface area contributed by atoms with Crippen LogP contribution in [0.1, 0.15) is 13.8 Å². The van der Waals surface area contributed by atoms with Crippen LogP contribution in [-0.2, 0) is 17.1 Å². The Hall–Kier alpha value is 1.53. The van der Waals surface area contributed by atoms with Crippen LogP contribution in [0.5, 0.6) is 0 Å². The Kier molecular flexibility index (Phi) is 6.36. The first-order valence-electron chi connectivity index (χ1n) is 3.96. The van der Waals surface area contributed by atoms with Crippen molar-refractivity contribution < 1.29 is 17.1 Å². The molecule has 4 heteroatoms. The maximum atomic E-state index is 4.54. The quantitative estimate of drug-likeness (QED) is 0.383. The van der Waals surface area contributed by atoms with E-state index in [0.717, 1.165) is 5.36 Å². The van der Waals surface area contributed by atoms with E-state index in [1.807, 2.05) is 18.2 Å². The molecule has 72 valence electrons. The summed E-state index contributed by atoms with van der Waals surface area (Å²) in [5.41, 5.74) is 1.29. The van der Waals surface area contributed by atoms with Crippen LogP contribution in [0, 0.1) is 0 Å². The number of alkyl halides is 1. The average Bonchev–Trinajstić information content (AvgIpc) is 2.24. The molecular formula is C10H11BrFeKN. The van der Waals surface area contributed by atoms with Gasteiger partial charge in [0.1, 0.15) is 4.45 Å². The molecule has 0 spiro atoms. The molecule has 1 aromatic carbocycles. The van der Waals surface area contributed by atoms with Gasteiger partial charge in [-0.3, -0.25) is 4.99 Å². The van der Waals surface area contributed by atoms with E-state index in [1.165, 1.54) is 10.8 Å². The molecule has 0 saturated heterocycles. The molecule has 0 amide bonds. The first-order chi connectivity index (χ1) is 5.61. The summed E-state index contributed by atoms with van der Waals surface area (Å²) in [6, 6.07) is 8.22. The fraction of sp³-hybridized carbons (Fsp3) is 0.300. The molecule has 1 aliphatic rings. The van der Waals surface area contributed by atoms with Gasteiger partial charge in [-0.25, -0.2) is 0 Å². The first-order valence-corrected chi connectivity index (χ1v) is 4.76. The normalized spacial score (nSPS) is 22.9. The van der Waals surface area contributed by atoms with Crippen molar-refractivity contribution in [3.8, 4) is 0 Å². The number of hydrogen-bond acceptors (Lipinski definition) is 1. The third kappa shape index (κ3) is 2.80. The number of rotatable bonds is 0. The zero-order valence-corrected chi connectivity index (χ0v) is 10.2. The second-order valence-corrected chi connectivity index (χ2v) is 4.75. The van der Waals surface area contributed by atoms with E-state index in [2.05, 4.69) is 40.8 Å². The molecule has 0 aromatic heterocycles. The van der Waals surface area contributed by atoms with E-state index >= 15 is 0 Å². The fourth-order valence-corrected chi connectivity index (χ4v) is 1.85. The molecule has 1 aliphatic heterocycles. The Morgan fingerprint density at radius 1 is 1.29 bits per heavy atom. The second-order valence-electron chi connectivity index (χ2n) is 3.21. The van der Waals surface area contributed by atoms with Gasteiger partial charge in [-0.2, -0.15) is 0 Å². The van der Waals surface area contributed by atoms with Crippen LogP contribution >= 0.6 is 15.9 Å². The molecule has 0 N–H and O–H groups in total. The van der Waals surface area contributed by atoms with Gasteiger partial charge in [-0.1, -0.05) is 34.1 Å². The summed E-state index contributed by atoms with van der Waals surface area (Å²) in [5, 5.41) is 2.35. The number of para-hydroxylation sites is 1. The molecule has 1 atom stereocenters. The molecule has 1 aromatic rings. The van der Waals surface area contributed by atoms with Crippen molar-refractivity contribution in [2.75, 3.05) is 0 Å². The molecule has 0 saturated carbocycles. The fourth-order valence-electron chi connectivity index (χ4n) is 1.44. The molecule has 0 bridgehead atoms. The molecule has 0 fully saturated rings. The Bertz CT molecular complexity index is 442. The summed E-state index contributed by atoms with van der Waals surface area (Å²) < 4.78 is -0.184. The zero-order chi connectivity index (χ0) is 8.77. The maximum absolute atomic E-state index is 4.54. The summed E-state index contributed by atoms with van der Waals surface area (Å²) in [6.45, 7) is 4.19. The molecule has 14 heavy (non-hydrogen) atoms. The summed E-state index contributed by atoms with van der Waals surface area (Å²) in [4.78, 5) is 4.54. The molecule has 1 heterocycles. The summed E-state index contributed by atoms with van der Waals surface area (Å²) in [6.07, 6.45) is 0. The van der Waals surface area contributed by atoms with Gasteiger partial charge in [0, 0.05) is 22.3 Å². The SMILES string of the molecule is CC1=c2ccccc2=NC1(C)Br.[Fe].[KH]. The van der Waals surface area contributed by atoms with Gasteiger partial charge < -0.3 is 0 Å². The molecule has 0 aliphatic carbocycles. The van der Waals surface area contributed by atoms with Crippen molar-refractivity contribution >= 4 is 72.9 Å². The van der Waals surface area contributed by atoms with Crippen LogP contribution in [0.25, 0.3) is 5.57 Å². The van der Waals surface area contributed by atoms with Gasteiger partial charge in [0.05, 0.1) is 5.36 Å². The third-order valence-electron chi connectivity index (χ3n) is 2.32.